The lowest BCUT2D eigenvalue weighted by Crippen LogP contribution is -2.53. The van der Waals surface area contributed by atoms with E-state index in [2.05, 4.69) is 33.9 Å². The van der Waals surface area contributed by atoms with E-state index in [0.29, 0.717) is 38.4 Å². The van der Waals surface area contributed by atoms with Gasteiger partial charge in [-0.15, -0.1) is 0 Å². The number of amides is 2. The molecule has 2 aliphatic heterocycles. The second-order valence-electron chi connectivity index (χ2n) is 7.05. The summed E-state index contributed by atoms with van der Waals surface area (Å²) in [5, 5.41) is 6.73. The lowest BCUT2D eigenvalue weighted by molar-refractivity contribution is -0.143. The van der Waals surface area contributed by atoms with Gasteiger partial charge in [-0.25, -0.2) is 5.10 Å². The number of hydrogen-bond donors (Lipinski definition) is 1. The number of likely N-dealkylation sites (tertiary alicyclic amines) is 1. The first kappa shape index (κ1) is 16.7. The normalized spacial score (nSPS) is 22.4. The molecule has 0 bridgehead atoms. The van der Waals surface area contributed by atoms with Gasteiger partial charge in [0.2, 0.25) is 17.8 Å². The molecule has 0 aromatic carbocycles. The number of carbonyl (C=O) groups excluding carboxylic acids is 2. The van der Waals surface area contributed by atoms with Crippen molar-refractivity contribution in [3.8, 4) is 0 Å². The van der Waals surface area contributed by atoms with Crippen molar-refractivity contribution in [2.45, 2.75) is 26.7 Å². The Hall–Kier alpha value is -2.12. The van der Waals surface area contributed by atoms with Crippen molar-refractivity contribution < 1.29 is 9.59 Å². The van der Waals surface area contributed by atoms with E-state index in [4.69, 9.17) is 0 Å². The van der Waals surface area contributed by atoms with Crippen LogP contribution in [0.4, 0.5) is 5.95 Å². The van der Waals surface area contributed by atoms with E-state index in [-0.39, 0.29) is 17.7 Å². The number of nitrogens with one attached hydrogen (secondary N) is 1. The van der Waals surface area contributed by atoms with Gasteiger partial charge in [0.15, 0.2) is 0 Å². The molecule has 3 rings (SSSR count). The second-order valence-corrected chi connectivity index (χ2v) is 7.05. The molecule has 0 radical (unpaired) electrons. The maximum absolute atomic E-state index is 12.8. The van der Waals surface area contributed by atoms with Gasteiger partial charge in [0.1, 0.15) is 6.33 Å². The Labute approximate surface area is 142 Å². The van der Waals surface area contributed by atoms with Gasteiger partial charge in [-0.1, -0.05) is 13.8 Å². The van der Waals surface area contributed by atoms with Gasteiger partial charge in [0.25, 0.3) is 0 Å². The number of anilines is 1. The molecule has 8 nitrogen and oxygen atoms in total. The molecule has 1 atom stereocenters. The van der Waals surface area contributed by atoms with Crippen molar-refractivity contribution in [3.63, 3.8) is 0 Å². The fraction of sp³-hybridized carbons (Fsp3) is 0.750. The van der Waals surface area contributed by atoms with Crippen LogP contribution in [0.5, 0.6) is 0 Å². The smallest absolute Gasteiger partial charge is 0.227 e. The lowest BCUT2D eigenvalue weighted by atomic mass is 9.95. The number of H-pyrrole nitrogens is 1. The van der Waals surface area contributed by atoms with Crippen LogP contribution in [0.15, 0.2) is 6.33 Å². The van der Waals surface area contributed by atoms with Crippen molar-refractivity contribution in [2.75, 3.05) is 44.2 Å². The van der Waals surface area contributed by atoms with Crippen LogP contribution < -0.4 is 4.90 Å². The largest absolute Gasteiger partial charge is 0.342 e. The van der Waals surface area contributed by atoms with Gasteiger partial charge in [-0.2, -0.15) is 10.1 Å². The van der Waals surface area contributed by atoms with Gasteiger partial charge >= 0.3 is 0 Å². The maximum atomic E-state index is 12.8. The summed E-state index contributed by atoms with van der Waals surface area (Å²) in [6.45, 7) is 8.38. The van der Waals surface area contributed by atoms with Crippen molar-refractivity contribution in [1.82, 2.24) is 25.0 Å². The van der Waals surface area contributed by atoms with E-state index in [1.54, 1.807) is 0 Å². The lowest BCUT2D eigenvalue weighted by Gasteiger charge is -2.39. The second kappa shape index (κ2) is 7.19. The first-order chi connectivity index (χ1) is 11.5. The molecule has 0 unspecified atom stereocenters. The average molecular weight is 334 g/mol. The molecule has 1 N–H and O–H groups in total. The van der Waals surface area contributed by atoms with E-state index < -0.39 is 0 Å². The van der Waals surface area contributed by atoms with Crippen LogP contribution in [-0.2, 0) is 9.59 Å². The number of carbonyl (C=O) groups is 2. The Bertz CT molecular complexity index is 565. The van der Waals surface area contributed by atoms with E-state index >= 15 is 0 Å². The van der Waals surface area contributed by atoms with Gasteiger partial charge in [-0.05, 0) is 12.3 Å². The van der Waals surface area contributed by atoms with Gasteiger partial charge in [-0.3, -0.25) is 9.59 Å². The third-order valence-electron chi connectivity index (χ3n) is 4.73. The number of aromatic amines is 1. The fourth-order valence-electron chi connectivity index (χ4n) is 3.48. The molecular formula is C16H26N6O2. The quantitative estimate of drug-likeness (QED) is 0.859. The number of nitrogens with zero attached hydrogens (tertiary/aromatic N) is 5. The Kier molecular flexibility index (Phi) is 5.01. The summed E-state index contributed by atoms with van der Waals surface area (Å²) in [5.41, 5.74) is 0. The highest BCUT2D eigenvalue weighted by atomic mass is 16.2. The minimum atomic E-state index is -0.0571. The molecule has 1 aromatic heterocycles. The van der Waals surface area contributed by atoms with Crippen LogP contribution in [0.1, 0.15) is 26.7 Å². The van der Waals surface area contributed by atoms with Gasteiger partial charge in [0.05, 0.1) is 5.92 Å². The van der Waals surface area contributed by atoms with Gasteiger partial charge in [0, 0.05) is 45.7 Å². The van der Waals surface area contributed by atoms with Crippen LogP contribution in [0, 0.1) is 11.8 Å². The molecule has 0 saturated carbocycles. The Morgan fingerprint density at radius 2 is 2.08 bits per heavy atom. The molecule has 132 valence electrons. The molecule has 3 heterocycles. The fourth-order valence-corrected chi connectivity index (χ4v) is 3.48. The van der Waals surface area contributed by atoms with Crippen molar-refractivity contribution in [2.24, 2.45) is 11.8 Å². The Morgan fingerprint density at radius 3 is 2.71 bits per heavy atom. The topological polar surface area (TPSA) is 85.4 Å². The van der Waals surface area contributed by atoms with E-state index in [1.807, 2.05) is 9.80 Å². The zero-order chi connectivity index (χ0) is 17.1. The molecule has 0 aliphatic carbocycles. The predicted molar refractivity (Wildman–Crippen MR) is 89.3 cm³/mol. The minimum Gasteiger partial charge on any atom is -0.342 e. The Morgan fingerprint density at radius 1 is 1.33 bits per heavy atom. The number of rotatable bonds is 4. The van der Waals surface area contributed by atoms with Crippen LogP contribution >= 0.6 is 0 Å². The highest BCUT2D eigenvalue weighted by Gasteiger charge is 2.34. The van der Waals surface area contributed by atoms with Crippen LogP contribution in [0.25, 0.3) is 0 Å². The number of hydrogen-bond acceptors (Lipinski definition) is 5. The van der Waals surface area contributed by atoms with E-state index in [0.717, 1.165) is 25.6 Å². The molecule has 2 saturated heterocycles. The molecule has 0 spiro atoms. The maximum Gasteiger partial charge on any atom is 0.227 e. The molecule has 1 aromatic rings. The standard InChI is InChI=1S/C16H26N6O2/c1-12(2)9-22-10-13(3-4-14(22)23)15(24)20-5-7-21(8-6-20)16-17-11-18-19-16/h11-13H,3-10H2,1-2H3,(H,17,18,19)/t13-/m0/s1. The summed E-state index contributed by atoms with van der Waals surface area (Å²) in [6, 6.07) is 0. The first-order valence-electron chi connectivity index (χ1n) is 8.71. The van der Waals surface area contributed by atoms with Crippen molar-refractivity contribution >= 4 is 17.8 Å². The third kappa shape index (κ3) is 3.68. The number of aromatic nitrogens is 3. The van der Waals surface area contributed by atoms with Crippen LogP contribution in [-0.4, -0.2) is 76.1 Å². The molecule has 8 heteroatoms. The van der Waals surface area contributed by atoms with Crippen molar-refractivity contribution in [1.29, 1.82) is 0 Å². The number of piperazine rings is 1. The molecule has 24 heavy (non-hydrogen) atoms. The summed E-state index contributed by atoms with van der Waals surface area (Å²) in [4.78, 5) is 34.9. The average Bonchev–Trinajstić information content (AvgIpc) is 3.10. The monoisotopic (exact) mass is 334 g/mol. The first-order valence-corrected chi connectivity index (χ1v) is 8.71. The van der Waals surface area contributed by atoms with Crippen molar-refractivity contribution in [3.05, 3.63) is 6.33 Å². The van der Waals surface area contributed by atoms with Gasteiger partial charge < -0.3 is 14.7 Å². The highest BCUT2D eigenvalue weighted by Crippen LogP contribution is 2.22. The van der Waals surface area contributed by atoms with Crippen LogP contribution in [0.2, 0.25) is 0 Å². The van der Waals surface area contributed by atoms with E-state index in [1.165, 1.54) is 6.33 Å². The zero-order valence-corrected chi connectivity index (χ0v) is 14.4. The summed E-state index contributed by atoms with van der Waals surface area (Å²) in [7, 11) is 0. The zero-order valence-electron chi connectivity index (χ0n) is 14.4. The van der Waals surface area contributed by atoms with Crippen LogP contribution in [0.3, 0.4) is 0 Å². The third-order valence-corrected chi connectivity index (χ3v) is 4.73. The minimum absolute atomic E-state index is 0.0571. The summed E-state index contributed by atoms with van der Waals surface area (Å²) in [6.07, 6.45) is 2.66. The van der Waals surface area contributed by atoms with E-state index in [9.17, 15) is 9.59 Å². The predicted octanol–water partition coefficient (Wildman–Crippen LogP) is 0.348. The molecule has 2 aliphatic rings. The molecule has 2 fully saturated rings. The highest BCUT2D eigenvalue weighted by molar-refractivity contribution is 5.84. The summed E-state index contributed by atoms with van der Waals surface area (Å²) >= 11 is 0. The number of piperidine rings is 1. The molecular weight excluding hydrogens is 308 g/mol. The Balaban J connectivity index is 1.54. The summed E-state index contributed by atoms with van der Waals surface area (Å²) < 4.78 is 0. The molecule has 2 amide bonds. The summed E-state index contributed by atoms with van der Waals surface area (Å²) in [5.74, 6) is 1.50. The SMILES string of the molecule is CC(C)CN1C[C@@H](C(=O)N2CCN(c3ncn[nH]3)CC2)CCC1=O.